The summed E-state index contributed by atoms with van der Waals surface area (Å²) in [4.78, 5) is 0. The van der Waals surface area contributed by atoms with E-state index in [1.54, 1.807) is 0 Å². The molecular formula is C16H35NO. The van der Waals surface area contributed by atoms with Gasteiger partial charge in [0.25, 0.3) is 0 Å². The maximum atomic E-state index is 5.76. The molecule has 0 heterocycles. The number of hydrogen-bond donors (Lipinski definition) is 1. The Morgan fingerprint density at radius 2 is 1.67 bits per heavy atom. The topological polar surface area (TPSA) is 21.3 Å². The maximum Gasteiger partial charge on any atom is 0.0800 e. The lowest BCUT2D eigenvalue weighted by atomic mass is 9.88. The number of unbranched alkanes of at least 4 members (excludes halogenated alkanes) is 4. The van der Waals surface area contributed by atoms with Gasteiger partial charge in [-0.15, -0.1) is 0 Å². The van der Waals surface area contributed by atoms with Crippen molar-refractivity contribution in [1.82, 2.24) is 5.32 Å². The smallest absolute Gasteiger partial charge is 0.0800 e. The van der Waals surface area contributed by atoms with Crippen molar-refractivity contribution in [2.75, 3.05) is 13.7 Å². The van der Waals surface area contributed by atoms with Crippen LogP contribution in [0.4, 0.5) is 0 Å². The van der Waals surface area contributed by atoms with Gasteiger partial charge in [0, 0.05) is 13.2 Å². The number of methoxy groups -OCH3 is 1. The molecule has 0 radical (unpaired) electrons. The first-order valence-electron chi connectivity index (χ1n) is 7.93. The molecule has 2 atom stereocenters. The molecule has 0 saturated heterocycles. The fourth-order valence-corrected chi connectivity index (χ4v) is 2.43. The first-order valence-corrected chi connectivity index (χ1v) is 7.93. The molecule has 0 aromatic carbocycles. The van der Waals surface area contributed by atoms with Gasteiger partial charge < -0.3 is 10.1 Å². The monoisotopic (exact) mass is 257 g/mol. The van der Waals surface area contributed by atoms with Crippen molar-refractivity contribution in [3.05, 3.63) is 0 Å². The highest BCUT2D eigenvalue weighted by Gasteiger charge is 2.31. The zero-order valence-corrected chi connectivity index (χ0v) is 13.3. The minimum atomic E-state index is -0.0140. The van der Waals surface area contributed by atoms with Crippen LogP contribution in [0.3, 0.4) is 0 Å². The van der Waals surface area contributed by atoms with Crippen LogP contribution in [0.15, 0.2) is 0 Å². The Morgan fingerprint density at radius 3 is 2.17 bits per heavy atom. The third-order valence-electron chi connectivity index (χ3n) is 4.14. The molecule has 0 rings (SSSR count). The van der Waals surface area contributed by atoms with Crippen molar-refractivity contribution >= 4 is 0 Å². The second kappa shape index (κ2) is 10.8. The lowest BCUT2D eigenvalue weighted by Gasteiger charge is -2.36. The molecule has 0 aliphatic rings. The van der Waals surface area contributed by atoms with E-state index < -0.39 is 0 Å². The molecule has 1 N–H and O–H groups in total. The lowest BCUT2D eigenvalue weighted by Crippen LogP contribution is -2.50. The molecule has 0 fully saturated rings. The molecular weight excluding hydrogens is 222 g/mol. The van der Waals surface area contributed by atoms with Crippen molar-refractivity contribution in [2.45, 2.75) is 90.7 Å². The van der Waals surface area contributed by atoms with E-state index in [0.29, 0.717) is 6.04 Å². The Kier molecular flexibility index (Phi) is 10.8. The highest BCUT2D eigenvalue weighted by molar-refractivity contribution is 4.88. The summed E-state index contributed by atoms with van der Waals surface area (Å²) in [5.41, 5.74) is -0.0140. The lowest BCUT2D eigenvalue weighted by molar-refractivity contribution is -0.0316. The average molecular weight is 257 g/mol. The van der Waals surface area contributed by atoms with Crippen molar-refractivity contribution in [1.29, 1.82) is 0 Å². The summed E-state index contributed by atoms with van der Waals surface area (Å²) in [6.45, 7) is 10.1. The quantitative estimate of drug-likeness (QED) is 0.519. The van der Waals surface area contributed by atoms with Crippen LogP contribution in [0.25, 0.3) is 0 Å². The molecule has 0 amide bonds. The highest BCUT2D eigenvalue weighted by Crippen LogP contribution is 2.23. The van der Waals surface area contributed by atoms with Crippen molar-refractivity contribution < 1.29 is 4.74 Å². The minimum absolute atomic E-state index is 0.0140. The van der Waals surface area contributed by atoms with E-state index in [-0.39, 0.29) is 5.60 Å². The van der Waals surface area contributed by atoms with Crippen LogP contribution >= 0.6 is 0 Å². The van der Waals surface area contributed by atoms with Gasteiger partial charge in [0.15, 0.2) is 0 Å². The summed E-state index contributed by atoms with van der Waals surface area (Å²) in [6, 6.07) is 0.495. The van der Waals surface area contributed by atoms with Gasteiger partial charge in [0.1, 0.15) is 0 Å². The van der Waals surface area contributed by atoms with E-state index in [9.17, 15) is 0 Å². The van der Waals surface area contributed by atoms with Gasteiger partial charge in [0.05, 0.1) is 5.60 Å². The van der Waals surface area contributed by atoms with E-state index in [4.69, 9.17) is 4.74 Å². The summed E-state index contributed by atoms with van der Waals surface area (Å²) in [5.74, 6) is 0. The first kappa shape index (κ1) is 17.9. The largest absolute Gasteiger partial charge is 0.377 e. The number of rotatable bonds is 12. The Bertz CT molecular complexity index is 178. The van der Waals surface area contributed by atoms with E-state index in [2.05, 4.69) is 33.0 Å². The predicted octanol–water partition coefficient (Wildman–Crippen LogP) is 4.53. The molecule has 0 aliphatic carbocycles. The molecule has 2 heteroatoms. The summed E-state index contributed by atoms with van der Waals surface area (Å²) >= 11 is 0. The SMILES string of the molecule is CCCCCCCC(NCCC)C(C)(CC)OC. The second-order valence-electron chi connectivity index (χ2n) is 5.58. The Labute approximate surface area is 115 Å². The average Bonchev–Trinajstić information content (AvgIpc) is 2.41. The van der Waals surface area contributed by atoms with Crippen LogP contribution in [-0.4, -0.2) is 25.3 Å². The fraction of sp³-hybridized carbons (Fsp3) is 1.00. The van der Waals surface area contributed by atoms with Crippen molar-refractivity contribution in [2.24, 2.45) is 0 Å². The van der Waals surface area contributed by atoms with Crippen LogP contribution in [-0.2, 0) is 4.74 Å². The van der Waals surface area contributed by atoms with Crippen LogP contribution in [0.2, 0.25) is 0 Å². The van der Waals surface area contributed by atoms with E-state index >= 15 is 0 Å². The highest BCUT2D eigenvalue weighted by atomic mass is 16.5. The summed E-state index contributed by atoms with van der Waals surface area (Å²) in [7, 11) is 1.85. The van der Waals surface area contributed by atoms with Crippen LogP contribution in [0.1, 0.15) is 79.1 Å². The summed E-state index contributed by atoms with van der Waals surface area (Å²) in [6.07, 6.45) is 10.3. The summed E-state index contributed by atoms with van der Waals surface area (Å²) < 4.78 is 5.76. The van der Waals surface area contributed by atoms with Crippen molar-refractivity contribution in [3.8, 4) is 0 Å². The molecule has 18 heavy (non-hydrogen) atoms. The third kappa shape index (κ3) is 6.75. The molecule has 0 saturated carbocycles. The van der Waals surface area contributed by atoms with E-state index in [1.165, 1.54) is 44.9 Å². The summed E-state index contributed by atoms with van der Waals surface area (Å²) in [5, 5.41) is 3.68. The molecule has 0 aromatic heterocycles. The van der Waals surface area contributed by atoms with Gasteiger partial charge >= 0.3 is 0 Å². The van der Waals surface area contributed by atoms with Gasteiger partial charge in [-0.05, 0) is 32.7 Å². The third-order valence-corrected chi connectivity index (χ3v) is 4.14. The fourth-order valence-electron chi connectivity index (χ4n) is 2.43. The first-order chi connectivity index (χ1) is 8.64. The molecule has 110 valence electrons. The van der Waals surface area contributed by atoms with Crippen LogP contribution < -0.4 is 5.32 Å². The number of nitrogens with one attached hydrogen (secondary N) is 1. The second-order valence-corrected chi connectivity index (χ2v) is 5.58. The van der Waals surface area contributed by atoms with Crippen LogP contribution in [0, 0.1) is 0 Å². The zero-order chi connectivity index (χ0) is 13.9. The molecule has 2 nitrogen and oxygen atoms in total. The zero-order valence-electron chi connectivity index (χ0n) is 13.3. The van der Waals surface area contributed by atoms with Gasteiger partial charge in [-0.1, -0.05) is 52.9 Å². The molecule has 2 unspecified atom stereocenters. The Morgan fingerprint density at radius 1 is 1.00 bits per heavy atom. The van der Waals surface area contributed by atoms with Gasteiger partial charge in [-0.2, -0.15) is 0 Å². The van der Waals surface area contributed by atoms with E-state index in [1.807, 2.05) is 7.11 Å². The standard InChI is InChI=1S/C16H35NO/c1-6-9-10-11-12-13-15(17-14-7-2)16(4,8-3)18-5/h15,17H,6-14H2,1-5H3. The molecule has 0 spiro atoms. The van der Waals surface area contributed by atoms with Gasteiger partial charge in [0.2, 0.25) is 0 Å². The Hall–Kier alpha value is -0.0800. The molecule has 0 bridgehead atoms. The van der Waals surface area contributed by atoms with Crippen molar-refractivity contribution in [3.63, 3.8) is 0 Å². The number of hydrogen-bond acceptors (Lipinski definition) is 2. The minimum Gasteiger partial charge on any atom is -0.377 e. The van der Waals surface area contributed by atoms with Gasteiger partial charge in [-0.25, -0.2) is 0 Å². The predicted molar refractivity (Wildman–Crippen MR) is 81.2 cm³/mol. The van der Waals surface area contributed by atoms with Crippen LogP contribution in [0.5, 0.6) is 0 Å². The molecule has 0 aromatic rings. The normalized spacial score (nSPS) is 16.5. The Balaban J connectivity index is 4.13. The number of ether oxygens (including phenoxy) is 1. The van der Waals surface area contributed by atoms with E-state index in [0.717, 1.165) is 13.0 Å². The van der Waals surface area contributed by atoms with Gasteiger partial charge in [-0.3, -0.25) is 0 Å². The maximum absolute atomic E-state index is 5.76. The molecule has 0 aliphatic heterocycles.